The lowest BCUT2D eigenvalue weighted by atomic mass is 9.96. The van der Waals surface area contributed by atoms with E-state index in [1.807, 2.05) is 6.92 Å². The largest absolute Gasteiger partial charge is 0.301 e. The van der Waals surface area contributed by atoms with Gasteiger partial charge in [0.2, 0.25) is 10.0 Å². The van der Waals surface area contributed by atoms with Crippen LogP contribution in [0.3, 0.4) is 0 Å². The standard InChI is InChI=1S/C19H25N3O3S2/c1-2-8-14-13-18(23)21-19(20-14)26-17-12-7-6-11-16(17)22-27(24,25)15-9-4-3-5-10-15/h3-5,9-10,13,16-17,22H,2,6-8,11-12H2,1H3,(H,20,21,23). The van der Waals surface area contributed by atoms with Crippen molar-refractivity contribution in [2.24, 2.45) is 0 Å². The van der Waals surface area contributed by atoms with Crippen LogP contribution < -0.4 is 10.3 Å². The minimum Gasteiger partial charge on any atom is -0.301 e. The number of hydrogen-bond acceptors (Lipinski definition) is 5. The normalized spacial score (nSPS) is 20.5. The van der Waals surface area contributed by atoms with Crippen molar-refractivity contribution in [3.8, 4) is 0 Å². The van der Waals surface area contributed by atoms with Crippen LogP contribution in [0, 0.1) is 0 Å². The Morgan fingerprint density at radius 1 is 1.22 bits per heavy atom. The second kappa shape index (κ2) is 9.03. The van der Waals surface area contributed by atoms with Crippen molar-refractivity contribution in [1.29, 1.82) is 0 Å². The van der Waals surface area contributed by atoms with Crippen LogP contribution in [0.5, 0.6) is 0 Å². The van der Waals surface area contributed by atoms with E-state index in [-0.39, 0.29) is 21.7 Å². The lowest BCUT2D eigenvalue weighted by Crippen LogP contribution is -2.43. The molecule has 2 N–H and O–H groups in total. The molecule has 1 aliphatic rings. The van der Waals surface area contributed by atoms with Crippen molar-refractivity contribution in [1.82, 2.24) is 14.7 Å². The summed E-state index contributed by atoms with van der Waals surface area (Å²) in [5, 5.41) is 0.610. The lowest BCUT2D eigenvalue weighted by molar-refractivity contribution is 0.422. The topological polar surface area (TPSA) is 91.9 Å². The predicted molar refractivity (Wildman–Crippen MR) is 108 cm³/mol. The van der Waals surface area contributed by atoms with E-state index in [9.17, 15) is 13.2 Å². The van der Waals surface area contributed by atoms with Crippen molar-refractivity contribution >= 4 is 21.8 Å². The average molecular weight is 408 g/mol. The van der Waals surface area contributed by atoms with Crippen LogP contribution in [0.1, 0.15) is 44.7 Å². The highest BCUT2D eigenvalue weighted by atomic mass is 32.2. The third-order valence-electron chi connectivity index (χ3n) is 4.60. The van der Waals surface area contributed by atoms with Crippen LogP contribution in [0.4, 0.5) is 0 Å². The predicted octanol–water partition coefficient (Wildman–Crippen LogP) is 3.10. The number of sulfonamides is 1. The molecule has 0 spiro atoms. The molecule has 2 unspecified atom stereocenters. The van der Waals surface area contributed by atoms with Crippen molar-refractivity contribution in [3.63, 3.8) is 0 Å². The van der Waals surface area contributed by atoms with Crippen molar-refractivity contribution in [2.75, 3.05) is 0 Å². The smallest absolute Gasteiger partial charge is 0.251 e. The zero-order valence-electron chi connectivity index (χ0n) is 15.3. The summed E-state index contributed by atoms with van der Waals surface area (Å²) in [4.78, 5) is 19.5. The molecule has 0 aliphatic heterocycles. The maximum atomic E-state index is 12.7. The van der Waals surface area contributed by atoms with E-state index >= 15 is 0 Å². The van der Waals surface area contributed by atoms with E-state index < -0.39 is 10.0 Å². The number of aromatic amines is 1. The third-order valence-corrected chi connectivity index (χ3v) is 7.39. The number of aryl methyl sites for hydroxylation is 1. The molecular weight excluding hydrogens is 382 g/mol. The van der Waals surface area contributed by atoms with E-state index in [1.54, 1.807) is 30.3 Å². The highest BCUT2D eigenvalue weighted by Gasteiger charge is 2.30. The van der Waals surface area contributed by atoms with Gasteiger partial charge in [-0.25, -0.2) is 18.1 Å². The van der Waals surface area contributed by atoms with Gasteiger partial charge in [-0.2, -0.15) is 0 Å². The number of nitrogens with zero attached hydrogens (tertiary/aromatic N) is 1. The number of nitrogens with one attached hydrogen (secondary N) is 2. The van der Waals surface area contributed by atoms with Gasteiger partial charge in [-0.15, -0.1) is 0 Å². The van der Waals surface area contributed by atoms with Gasteiger partial charge in [0.05, 0.1) is 4.90 Å². The molecule has 0 amide bonds. The van der Waals surface area contributed by atoms with E-state index in [0.717, 1.165) is 44.2 Å². The van der Waals surface area contributed by atoms with Gasteiger partial charge in [-0.1, -0.05) is 56.1 Å². The van der Waals surface area contributed by atoms with E-state index in [0.29, 0.717) is 5.16 Å². The zero-order chi connectivity index (χ0) is 19.3. The molecule has 6 nitrogen and oxygen atoms in total. The van der Waals surface area contributed by atoms with Crippen LogP contribution in [0.15, 0.2) is 51.2 Å². The van der Waals surface area contributed by atoms with Gasteiger partial charge in [-0.3, -0.25) is 4.79 Å². The van der Waals surface area contributed by atoms with Crippen LogP contribution in [-0.2, 0) is 16.4 Å². The molecular formula is C19H25N3O3S2. The number of H-pyrrole nitrogens is 1. The molecule has 3 rings (SSSR count). The first-order valence-corrected chi connectivity index (χ1v) is 11.7. The SMILES string of the molecule is CCCc1cc(=O)[nH]c(SC2CCCCC2NS(=O)(=O)c2ccccc2)n1. The fourth-order valence-corrected chi connectivity index (χ4v) is 5.99. The summed E-state index contributed by atoms with van der Waals surface area (Å²) in [5.41, 5.74) is 0.620. The number of thioether (sulfide) groups is 1. The maximum Gasteiger partial charge on any atom is 0.251 e. The average Bonchev–Trinajstić information content (AvgIpc) is 2.64. The molecule has 2 atom stereocenters. The van der Waals surface area contributed by atoms with Crippen molar-refractivity contribution in [2.45, 2.75) is 66.8 Å². The summed E-state index contributed by atoms with van der Waals surface area (Å²) in [6.07, 6.45) is 5.37. The Hall–Kier alpha value is -1.64. The zero-order valence-corrected chi connectivity index (χ0v) is 17.0. The summed E-state index contributed by atoms with van der Waals surface area (Å²) in [6.45, 7) is 2.05. The number of benzene rings is 1. The van der Waals surface area contributed by atoms with E-state index in [4.69, 9.17) is 0 Å². The minimum atomic E-state index is -3.57. The Morgan fingerprint density at radius 3 is 2.70 bits per heavy atom. The van der Waals surface area contributed by atoms with Gasteiger partial charge in [0.15, 0.2) is 5.16 Å². The molecule has 1 heterocycles. The molecule has 2 aromatic rings. The number of aromatic nitrogens is 2. The summed E-state index contributed by atoms with van der Waals surface area (Å²) in [5.74, 6) is 0. The Kier molecular flexibility index (Phi) is 6.73. The monoisotopic (exact) mass is 407 g/mol. The van der Waals surface area contributed by atoms with E-state index in [2.05, 4.69) is 14.7 Å². The van der Waals surface area contributed by atoms with Gasteiger partial charge in [0.25, 0.3) is 5.56 Å². The Bertz CT molecular complexity index is 913. The molecule has 1 aliphatic carbocycles. The van der Waals surface area contributed by atoms with Crippen LogP contribution in [0.2, 0.25) is 0 Å². The van der Waals surface area contributed by atoms with Crippen LogP contribution >= 0.6 is 11.8 Å². The highest BCUT2D eigenvalue weighted by Crippen LogP contribution is 2.33. The first-order valence-electron chi connectivity index (χ1n) is 9.32. The molecule has 146 valence electrons. The summed E-state index contributed by atoms with van der Waals surface area (Å²) < 4.78 is 28.3. The van der Waals surface area contributed by atoms with Gasteiger partial charge >= 0.3 is 0 Å². The molecule has 1 saturated carbocycles. The maximum absolute atomic E-state index is 12.7. The Labute approximate surface area is 164 Å². The lowest BCUT2D eigenvalue weighted by Gasteiger charge is -2.31. The number of hydrogen-bond donors (Lipinski definition) is 2. The quantitative estimate of drug-likeness (QED) is 0.688. The second-order valence-electron chi connectivity index (χ2n) is 6.77. The molecule has 0 bridgehead atoms. The molecule has 1 fully saturated rings. The van der Waals surface area contributed by atoms with E-state index in [1.165, 1.54) is 17.8 Å². The fourth-order valence-electron chi connectivity index (χ4n) is 3.31. The van der Waals surface area contributed by atoms with Crippen LogP contribution in [0.25, 0.3) is 0 Å². The van der Waals surface area contributed by atoms with Gasteiger partial charge in [0.1, 0.15) is 0 Å². The van der Waals surface area contributed by atoms with Gasteiger partial charge in [-0.05, 0) is 31.4 Å². The summed E-state index contributed by atoms with van der Waals surface area (Å²) in [7, 11) is -3.57. The van der Waals surface area contributed by atoms with Crippen molar-refractivity contribution < 1.29 is 8.42 Å². The minimum absolute atomic E-state index is 0.0391. The summed E-state index contributed by atoms with van der Waals surface area (Å²) in [6, 6.07) is 9.77. The number of rotatable bonds is 7. The Morgan fingerprint density at radius 2 is 1.96 bits per heavy atom. The Balaban J connectivity index is 1.77. The molecule has 27 heavy (non-hydrogen) atoms. The molecule has 0 saturated heterocycles. The van der Waals surface area contributed by atoms with Gasteiger partial charge in [0, 0.05) is 23.1 Å². The van der Waals surface area contributed by atoms with Crippen LogP contribution in [-0.4, -0.2) is 29.7 Å². The first-order chi connectivity index (χ1) is 13.0. The second-order valence-corrected chi connectivity index (χ2v) is 9.72. The third kappa shape index (κ3) is 5.43. The summed E-state index contributed by atoms with van der Waals surface area (Å²) >= 11 is 1.47. The fraction of sp³-hybridized carbons (Fsp3) is 0.474. The van der Waals surface area contributed by atoms with Crippen molar-refractivity contribution in [3.05, 3.63) is 52.4 Å². The molecule has 1 aromatic heterocycles. The molecule has 1 aromatic carbocycles. The highest BCUT2D eigenvalue weighted by molar-refractivity contribution is 7.99. The molecule has 0 radical (unpaired) electrons. The first kappa shape index (κ1) is 20.1. The van der Waals surface area contributed by atoms with Gasteiger partial charge < -0.3 is 4.98 Å². The molecule has 8 heteroatoms.